The third-order valence-corrected chi connectivity index (χ3v) is 9.74. The fraction of sp³-hybridized carbons (Fsp3) is 0.324. The van der Waals surface area contributed by atoms with Crippen molar-refractivity contribution in [2.45, 2.75) is 31.9 Å². The summed E-state index contributed by atoms with van der Waals surface area (Å²) >= 11 is 14.4. The van der Waals surface area contributed by atoms with Gasteiger partial charge in [0.25, 0.3) is 0 Å². The maximum Gasteiger partial charge on any atom is 0.217 e. The fourth-order valence-corrected chi connectivity index (χ4v) is 7.29. The molecule has 2 aliphatic rings. The van der Waals surface area contributed by atoms with Crippen molar-refractivity contribution in [2.75, 3.05) is 49.2 Å². The molecule has 2 fully saturated rings. The Morgan fingerprint density at radius 1 is 0.979 bits per heavy atom. The van der Waals surface area contributed by atoms with Gasteiger partial charge in [0.15, 0.2) is 4.80 Å². The van der Waals surface area contributed by atoms with Crippen LogP contribution in [-0.2, 0) is 28.4 Å². The summed E-state index contributed by atoms with van der Waals surface area (Å²) in [6, 6.07) is 22.1. The highest BCUT2D eigenvalue weighted by atomic mass is 35.5. The van der Waals surface area contributed by atoms with Gasteiger partial charge in [0.2, 0.25) is 5.79 Å². The minimum absolute atomic E-state index is 0.280. The summed E-state index contributed by atoms with van der Waals surface area (Å²) in [5.41, 5.74) is 4.06. The van der Waals surface area contributed by atoms with Gasteiger partial charge in [-0.2, -0.15) is 5.10 Å². The van der Waals surface area contributed by atoms with E-state index in [-0.39, 0.29) is 12.6 Å². The molecule has 0 radical (unpaired) electrons. The second kappa shape index (κ2) is 14.1. The van der Waals surface area contributed by atoms with Gasteiger partial charge in [-0.3, -0.25) is 0 Å². The fourth-order valence-electron chi connectivity index (χ4n) is 5.92. The lowest BCUT2D eigenvalue weighted by atomic mass is 10.1. The van der Waals surface area contributed by atoms with Gasteiger partial charge in [-0.05, 0) is 67.6 Å². The lowest BCUT2D eigenvalue weighted by Crippen LogP contribution is -2.46. The average Bonchev–Trinajstić information content (AvgIpc) is 3.87. The molecular formula is C34H35Cl2N7O3S. The van der Waals surface area contributed by atoms with E-state index in [4.69, 9.17) is 42.4 Å². The first-order valence-electron chi connectivity index (χ1n) is 15.6. The molecule has 0 aliphatic carbocycles. The number of benzene rings is 3. The Labute approximate surface area is 287 Å². The standard InChI is InChI=1S/C34H35Cl2N7O3S/c1-2-40-17-18-47-33(40)39-26-4-6-27(7-5-26)41-13-15-42(16-14-41)28-8-10-29(11-9-28)44-20-30-21-45-34(46-30,22-43-24-37-23-38-43)31-12-3-25(35)19-32(31)36/h3-12,17-19,23-24,30H,2,13-16,20-22H2,1H3/b39-33+. The Morgan fingerprint density at radius 2 is 1.70 bits per heavy atom. The smallest absolute Gasteiger partial charge is 0.217 e. The van der Waals surface area contributed by atoms with Gasteiger partial charge in [0.1, 0.15) is 37.7 Å². The number of thiazole rings is 1. The topological polar surface area (TPSA) is 82.2 Å². The summed E-state index contributed by atoms with van der Waals surface area (Å²) in [6.45, 7) is 7.75. The molecule has 0 saturated carbocycles. The third kappa shape index (κ3) is 7.19. The third-order valence-electron chi connectivity index (χ3n) is 8.40. The second-order valence-corrected chi connectivity index (χ2v) is 13.1. The number of ether oxygens (including phenoxy) is 3. The summed E-state index contributed by atoms with van der Waals surface area (Å²) in [6.07, 6.45) is 4.85. The zero-order chi connectivity index (χ0) is 32.2. The first-order chi connectivity index (χ1) is 23.0. The molecule has 2 saturated heterocycles. The Balaban J connectivity index is 0.927. The van der Waals surface area contributed by atoms with E-state index < -0.39 is 5.79 Å². The molecule has 47 heavy (non-hydrogen) atoms. The van der Waals surface area contributed by atoms with Gasteiger partial charge >= 0.3 is 0 Å². The van der Waals surface area contributed by atoms with Crippen LogP contribution in [0.1, 0.15) is 12.5 Å². The Hall–Kier alpha value is -3.87. The molecule has 5 aromatic rings. The van der Waals surface area contributed by atoms with Crippen LogP contribution < -0.4 is 19.3 Å². The van der Waals surface area contributed by atoms with Gasteiger partial charge in [-0.1, -0.05) is 29.3 Å². The molecule has 0 bridgehead atoms. The van der Waals surface area contributed by atoms with E-state index in [1.54, 1.807) is 34.5 Å². The lowest BCUT2D eigenvalue weighted by Gasteiger charge is -2.37. The maximum atomic E-state index is 6.58. The minimum atomic E-state index is -1.14. The average molecular weight is 693 g/mol. The van der Waals surface area contributed by atoms with Crippen molar-refractivity contribution >= 4 is 51.6 Å². The molecule has 2 aliphatic heterocycles. The predicted molar refractivity (Wildman–Crippen MR) is 185 cm³/mol. The summed E-state index contributed by atoms with van der Waals surface area (Å²) in [4.78, 5) is 14.7. The van der Waals surface area contributed by atoms with Crippen LogP contribution in [-0.4, -0.2) is 64.8 Å². The summed E-state index contributed by atoms with van der Waals surface area (Å²) < 4.78 is 22.7. The van der Waals surface area contributed by atoms with Crippen molar-refractivity contribution < 1.29 is 14.2 Å². The number of anilines is 2. The number of aromatic nitrogens is 4. The Morgan fingerprint density at radius 3 is 2.36 bits per heavy atom. The minimum Gasteiger partial charge on any atom is -0.491 e. The van der Waals surface area contributed by atoms with E-state index in [0.717, 1.165) is 49.0 Å². The number of aryl methyl sites for hydroxylation is 1. The molecule has 2 unspecified atom stereocenters. The molecule has 244 valence electrons. The number of hydrogen-bond donors (Lipinski definition) is 0. The van der Waals surface area contributed by atoms with Crippen molar-refractivity contribution in [2.24, 2.45) is 4.99 Å². The first kappa shape index (κ1) is 31.7. The molecule has 7 rings (SSSR count). The number of halogens is 2. The van der Waals surface area contributed by atoms with E-state index in [1.165, 1.54) is 17.7 Å². The number of piperazine rings is 1. The predicted octanol–water partition coefficient (Wildman–Crippen LogP) is 6.37. The van der Waals surface area contributed by atoms with E-state index in [1.807, 2.05) is 18.2 Å². The zero-order valence-corrected chi connectivity index (χ0v) is 28.2. The van der Waals surface area contributed by atoms with E-state index in [9.17, 15) is 0 Å². The van der Waals surface area contributed by atoms with Crippen LogP contribution in [0.4, 0.5) is 17.1 Å². The van der Waals surface area contributed by atoms with Crippen molar-refractivity contribution in [3.8, 4) is 5.75 Å². The molecule has 0 spiro atoms. The molecule has 4 heterocycles. The molecule has 2 aromatic heterocycles. The number of nitrogens with zero attached hydrogens (tertiary/aromatic N) is 7. The van der Waals surface area contributed by atoms with Gasteiger partial charge in [0.05, 0.1) is 17.3 Å². The largest absolute Gasteiger partial charge is 0.491 e. The summed E-state index contributed by atoms with van der Waals surface area (Å²) in [5.74, 6) is -0.374. The van der Waals surface area contributed by atoms with Crippen LogP contribution >= 0.6 is 34.5 Å². The first-order valence-corrected chi connectivity index (χ1v) is 17.2. The molecule has 10 nitrogen and oxygen atoms in total. The van der Waals surface area contributed by atoms with Crippen LogP contribution in [0.15, 0.2) is 96.0 Å². The normalized spacial score (nSPS) is 20.2. The van der Waals surface area contributed by atoms with Gasteiger partial charge in [-0.15, -0.1) is 11.3 Å². The molecule has 3 aromatic carbocycles. The number of hydrogen-bond acceptors (Lipinski definition) is 9. The molecule has 0 N–H and O–H groups in total. The van der Waals surface area contributed by atoms with Gasteiger partial charge in [0, 0.05) is 66.3 Å². The van der Waals surface area contributed by atoms with Gasteiger partial charge in [-0.25, -0.2) is 14.7 Å². The highest BCUT2D eigenvalue weighted by Gasteiger charge is 2.45. The highest BCUT2D eigenvalue weighted by Crippen LogP contribution is 2.40. The van der Waals surface area contributed by atoms with Gasteiger partial charge < -0.3 is 28.6 Å². The van der Waals surface area contributed by atoms with Crippen molar-refractivity contribution in [1.29, 1.82) is 0 Å². The monoisotopic (exact) mass is 691 g/mol. The Kier molecular flexibility index (Phi) is 9.51. The summed E-state index contributed by atoms with van der Waals surface area (Å²) in [7, 11) is 0. The zero-order valence-electron chi connectivity index (χ0n) is 25.9. The molecular weight excluding hydrogens is 657 g/mol. The second-order valence-electron chi connectivity index (χ2n) is 11.4. The van der Waals surface area contributed by atoms with Crippen LogP contribution in [0.25, 0.3) is 0 Å². The van der Waals surface area contributed by atoms with Crippen LogP contribution in [0.5, 0.6) is 5.75 Å². The Bertz CT molecular complexity index is 1840. The van der Waals surface area contributed by atoms with Crippen LogP contribution in [0.3, 0.4) is 0 Å². The highest BCUT2D eigenvalue weighted by molar-refractivity contribution is 7.07. The maximum absolute atomic E-state index is 6.58. The summed E-state index contributed by atoms with van der Waals surface area (Å²) in [5, 5.41) is 7.30. The SMILES string of the molecule is CCn1ccs/c1=N/c1ccc(N2CCN(c3ccc(OCC4COC(Cn5cncn5)(c5ccc(Cl)cc5Cl)O4)cc3)CC2)cc1. The lowest BCUT2D eigenvalue weighted by molar-refractivity contribution is -0.190. The molecule has 13 heteroatoms. The van der Waals surface area contributed by atoms with Crippen LogP contribution in [0, 0.1) is 0 Å². The number of rotatable bonds is 10. The van der Waals surface area contributed by atoms with E-state index in [0.29, 0.717) is 28.8 Å². The van der Waals surface area contributed by atoms with Crippen molar-refractivity contribution in [3.63, 3.8) is 0 Å². The van der Waals surface area contributed by atoms with E-state index >= 15 is 0 Å². The van der Waals surface area contributed by atoms with Crippen molar-refractivity contribution in [1.82, 2.24) is 19.3 Å². The van der Waals surface area contributed by atoms with Crippen molar-refractivity contribution in [3.05, 3.63) is 111 Å². The molecule has 2 atom stereocenters. The van der Waals surface area contributed by atoms with E-state index in [2.05, 4.69) is 79.3 Å². The van der Waals surface area contributed by atoms with Crippen LogP contribution in [0.2, 0.25) is 10.0 Å². The molecule has 0 amide bonds. The quantitative estimate of drug-likeness (QED) is 0.168.